The number of amides is 1. The molecule has 0 saturated carbocycles. The molecule has 1 unspecified atom stereocenters. The molecular weight excluding hydrogens is 300 g/mol. The molecule has 1 aromatic carbocycles. The Balaban J connectivity index is 0.00000242. The van der Waals surface area contributed by atoms with E-state index in [1.54, 1.807) is 7.11 Å². The molecule has 22 heavy (non-hydrogen) atoms. The summed E-state index contributed by atoms with van der Waals surface area (Å²) in [6.45, 7) is 6.15. The molecule has 0 aliphatic carbocycles. The lowest BCUT2D eigenvalue weighted by Gasteiger charge is -2.28. The number of halogens is 1. The van der Waals surface area contributed by atoms with E-state index < -0.39 is 0 Å². The molecule has 1 aromatic rings. The van der Waals surface area contributed by atoms with Crippen LogP contribution in [0.4, 0.5) is 0 Å². The van der Waals surface area contributed by atoms with Crippen molar-refractivity contribution in [1.82, 2.24) is 10.6 Å². The number of nitrogens with one attached hydrogen (secondary N) is 2. The molecule has 1 saturated heterocycles. The summed E-state index contributed by atoms with van der Waals surface area (Å²) in [5.41, 5.74) is 1.13. The van der Waals surface area contributed by atoms with Gasteiger partial charge in [-0.25, -0.2) is 0 Å². The standard InChI is InChI=1S/C17H26N2O2.ClH/c1-12(2)16(13-4-6-15(21-3)7-5-13)19-17(20)14-8-10-18-11-9-14;/h4-7,12,14,16,18H,8-11H2,1-3H3,(H,19,20);1H. The van der Waals surface area contributed by atoms with Crippen LogP contribution in [0.5, 0.6) is 5.75 Å². The molecule has 5 heteroatoms. The maximum Gasteiger partial charge on any atom is 0.223 e. The molecule has 1 aliphatic heterocycles. The molecule has 1 aliphatic rings. The van der Waals surface area contributed by atoms with Gasteiger partial charge < -0.3 is 15.4 Å². The van der Waals surface area contributed by atoms with Gasteiger partial charge in [0.05, 0.1) is 13.2 Å². The maximum absolute atomic E-state index is 12.4. The number of piperidine rings is 1. The highest BCUT2D eigenvalue weighted by Crippen LogP contribution is 2.25. The third-order valence-electron chi connectivity index (χ3n) is 4.15. The predicted octanol–water partition coefficient (Wildman–Crippen LogP) is 2.93. The average molecular weight is 327 g/mol. The fourth-order valence-corrected chi connectivity index (χ4v) is 2.80. The molecule has 0 bridgehead atoms. The fraction of sp³-hybridized carbons (Fsp3) is 0.588. The van der Waals surface area contributed by atoms with Crippen LogP contribution in [-0.4, -0.2) is 26.1 Å². The summed E-state index contributed by atoms with van der Waals surface area (Å²) in [5.74, 6) is 1.52. The van der Waals surface area contributed by atoms with Gasteiger partial charge in [-0.1, -0.05) is 26.0 Å². The molecule has 1 heterocycles. The summed E-state index contributed by atoms with van der Waals surface area (Å²) in [5, 5.41) is 6.53. The highest BCUT2D eigenvalue weighted by Gasteiger charge is 2.25. The first-order valence-electron chi connectivity index (χ1n) is 7.77. The van der Waals surface area contributed by atoms with Gasteiger partial charge in [-0.05, 0) is 49.5 Å². The molecule has 1 amide bonds. The monoisotopic (exact) mass is 326 g/mol. The van der Waals surface area contributed by atoms with Crippen LogP contribution in [0.1, 0.15) is 38.3 Å². The minimum absolute atomic E-state index is 0. The lowest BCUT2D eigenvalue weighted by molar-refractivity contribution is -0.126. The minimum atomic E-state index is 0. The van der Waals surface area contributed by atoms with E-state index in [0.717, 1.165) is 37.2 Å². The van der Waals surface area contributed by atoms with Crippen LogP contribution in [0.3, 0.4) is 0 Å². The van der Waals surface area contributed by atoms with Gasteiger partial charge in [-0.15, -0.1) is 12.4 Å². The van der Waals surface area contributed by atoms with Crippen molar-refractivity contribution in [2.75, 3.05) is 20.2 Å². The second-order valence-electron chi connectivity index (χ2n) is 6.03. The normalized spacial score (nSPS) is 16.7. The zero-order chi connectivity index (χ0) is 15.2. The maximum atomic E-state index is 12.4. The van der Waals surface area contributed by atoms with Crippen LogP contribution in [0.25, 0.3) is 0 Å². The first kappa shape index (κ1) is 18.8. The first-order chi connectivity index (χ1) is 10.1. The van der Waals surface area contributed by atoms with Gasteiger partial charge in [0.25, 0.3) is 0 Å². The number of methoxy groups -OCH3 is 1. The molecule has 124 valence electrons. The molecule has 1 atom stereocenters. The summed E-state index contributed by atoms with van der Waals surface area (Å²) in [4.78, 5) is 12.4. The van der Waals surface area contributed by atoms with Gasteiger partial charge in [-0.2, -0.15) is 0 Å². The molecule has 1 fully saturated rings. The highest BCUT2D eigenvalue weighted by atomic mass is 35.5. The summed E-state index contributed by atoms with van der Waals surface area (Å²) >= 11 is 0. The smallest absolute Gasteiger partial charge is 0.223 e. The van der Waals surface area contributed by atoms with Gasteiger partial charge in [0.1, 0.15) is 5.75 Å². The number of rotatable bonds is 5. The number of hydrogen-bond donors (Lipinski definition) is 2. The highest BCUT2D eigenvalue weighted by molar-refractivity contribution is 5.85. The Labute approximate surface area is 139 Å². The van der Waals surface area contributed by atoms with E-state index in [9.17, 15) is 4.79 Å². The van der Waals surface area contributed by atoms with Crippen LogP contribution >= 0.6 is 12.4 Å². The largest absolute Gasteiger partial charge is 0.497 e. The lowest BCUT2D eigenvalue weighted by atomic mass is 9.92. The fourth-order valence-electron chi connectivity index (χ4n) is 2.80. The predicted molar refractivity (Wildman–Crippen MR) is 91.6 cm³/mol. The Morgan fingerprint density at radius 2 is 1.82 bits per heavy atom. The van der Waals surface area contributed by atoms with Crippen LogP contribution < -0.4 is 15.4 Å². The second-order valence-corrected chi connectivity index (χ2v) is 6.03. The Morgan fingerprint density at radius 3 is 2.32 bits per heavy atom. The summed E-state index contributed by atoms with van der Waals surface area (Å²) in [6, 6.07) is 8.01. The quantitative estimate of drug-likeness (QED) is 0.874. The van der Waals surface area contributed by atoms with Crippen molar-refractivity contribution in [2.45, 2.75) is 32.7 Å². The van der Waals surface area contributed by atoms with E-state index in [1.807, 2.05) is 24.3 Å². The van der Waals surface area contributed by atoms with Crippen LogP contribution in [0, 0.1) is 11.8 Å². The van der Waals surface area contributed by atoms with E-state index in [0.29, 0.717) is 5.92 Å². The van der Waals surface area contributed by atoms with Crippen LogP contribution in [0.2, 0.25) is 0 Å². The SMILES string of the molecule is COc1ccc(C(NC(=O)C2CCNCC2)C(C)C)cc1.Cl. The first-order valence-corrected chi connectivity index (χ1v) is 7.77. The van der Waals surface area contributed by atoms with Crippen molar-refractivity contribution >= 4 is 18.3 Å². The summed E-state index contributed by atoms with van der Waals surface area (Å²) in [6.07, 6.45) is 1.86. The topological polar surface area (TPSA) is 50.4 Å². The van der Waals surface area contributed by atoms with Crippen LogP contribution in [-0.2, 0) is 4.79 Å². The third kappa shape index (κ3) is 4.89. The Bertz CT molecular complexity index is 456. The van der Waals surface area contributed by atoms with Gasteiger partial charge in [0.2, 0.25) is 5.91 Å². The van der Waals surface area contributed by atoms with E-state index in [-0.39, 0.29) is 30.3 Å². The van der Waals surface area contributed by atoms with Gasteiger partial charge in [-0.3, -0.25) is 4.79 Å². The molecule has 0 spiro atoms. The minimum Gasteiger partial charge on any atom is -0.497 e. The second kappa shape index (κ2) is 9.01. The van der Waals surface area contributed by atoms with Crippen molar-refractivity contribution in [3.8, 4) is 5.75 Å². The summed E-state index contributed by atoms with van der Waals surface area (Å²) in [7, 11) is 1.66. The van der Waals surface area contributed by atoms with Crippen LogP contribution in [0.15, 0.2) is 24.3 Å². The molecule has 2 N–H and O–H groups in total. The Kier molecular flexibility index (Phi) is 7.69. The Morgan fingerprint density at radius 1 is 1.23 bits per heavy atom. The molecule has 0 aromatic heterocycles. The van der Waals surface area contributed by atoms with Crippen molar-refractivity contribution < 1.29 is 9.53 Å². The van der Waals surface area contributed by atoms with Crippen molar-refractivity contribution in [3.05, 3.63) is 29.8 Å². The number of ether oxygens (including phenoxy) is 1. The van der Waals surface area contributed by atoms with E-state index in [2.05, 4.69) is 24.5 Å². The van der Waals surface area contributed by atoms with Crippen molar-refractivity contribution in [1.29, 1.82) is 0 Å². The number of carbonyl (C=O) groups is 1. The van der Waals surface area contributed by atoms with E-state index >= 15 is 0 Å². The lowest BCUT2D eigenvalue weighted by Crippen LogP contribution is -2.40. The molecule has 2 rings (SSSR count). The molecule has 4 nitrogen and oxygen atoms in total. The average Bonchev–Trinajstić information content (AvgIpc) is 2.53. The van der Waals surface area contributed by atoms with Crippen molar-refractivity contribution in [3.63, 3.8) is 0 Å². The van der Waals surface area contributed by atoms with Gasteiger partial charge in [0, 0.05) is 5.92 Å². The molecular formula is C17H27ClN2O2. The summed E-state index contributed by atoms with van der Waals surface area (Å²) < 4.78 is 5.19. The zero-order valence-corrected chi connectivity index (χ0v) is 14.4. The van der Waals surface area contributed by atoms with E-state index in [4.69, 9.17) is 4.74 Å². The van der Waals surface area contributed by atoms with Crippen molar-refractivity contribution in [2.24, 2.45) is 11.8 Å². The van der Waals surface area contributed by atoms with Gasteiger partial charge in [0.15, 0.2) is 0 Å². The van der Waals surface area contributed by atoms with Gasteiger partial charge >= 0.3 is 0 Å². The Hall–Kier alpha value is -1.26. The zero-order valence-electron chi connectivity index (χ0n) is 13.6. The number of carbonyl (C=O) groups excluding carboxylic acids is 1. The third-order valence-corrected chi connectivity index (χ3v) is 4.15. The van der Waals surface area contributed by atoms with E-state index in [1.165, 1.54) is 0 Å². The number of hydrogen-bond acceptors (Lipinski definition) is 3. The molecule has 0 radical (unpaired) electrons. The number of benzene rings is 1.